The maximum absolute atomic E-state index is 13.0. The minimum Gasteiger partial charge on any atom is -0.249 e. The van der Waals surface area contributed by atoms with Gasteiger partial charge in [-0.15, -0.1) is 4.40 Å². The number of benzene rings is 2. The largest absolute Gasteiger partial charge is 0.391 e. The van der Waals surface area contributed by atoms with Crippen molar-refractivity contribution in [3.63, 3.8) is 0 Å². The Morgan fingerprint density at radius 1 is 1.09 bits per heavy atom. The van der Waals surface area contributed by atoms with E-state index in [1.807, 2.05) is 42.5 Å². The van der Waals surface area contributed by atoms with Gasteiger partial charge in [-0.05, 0) is 36.1 Å². The Bertz CT molecular complexity index is 1190. The normalized spacial score (nSPS) is 20.8. The Kier molecular flexibility index (Phi) is 7.54. The van der Waals surface area contributed by atoms with Gasteiger partial charge in [-0.25, -0.2) is 5.01 Å². The number of rotatable bonds is 5. The van der Waals surface area contributed by atoms with Gasteiger partial charge in [0.2, 0.25) is 0 Å². The molecule has 4 rings (SSSR count). The summed E-state index contributed by atoms with van der Waals surface area (Å²) in [5.41, 5.74) is 2.65. The van der Waals surface area contributed by atoms with Gasteiger partial charge >= 0.3 is 16.4 Å². The number of alkyl halides is 3. The molecule has 0 unspecified atom stereocenters. The van der Waals surface area contributed by atoms with Crippen LogP contribution in [0.3, 0.4) is 0 Å². The highest BCUT2D eigenvalue weighted by molar-refractivity contribution is 7.87. The van der Waals surface area contributed by atoms with Crippen LogP contribution in [0.5, 0.6) is 0 Å². The molecule has 1 atom stereocenters. The molecule has 0 N–H and O–H groups in total. The second kappa shape index (κ2) is 10.3. The lowest BCUT2D eigenvalue weighted by Crippen LogP contribution is -2.42. The molecule has 6 nitrogen and oxygen atoms in total. The fourth-order valence-electron chi connectivity index (χ4n) is 4.39. The number of hydrogen-bond donors (Lipinski definition) is 0. The first-order valence-electron chi connectivity index (χ1n) is 11.4. The summed E-state index contributed by atoms with van der Waals surface area (Å²) in [4.78, 5) is 0. The van der Waals surface area contributed by atoms with E-state index in [1.54, 1.807) is 24.1 Å². The summed E-state index contributed by atoms with van der Waals surface area (Å²) in [5, 5.41) is 6.91. The van der Waals surface area contributed by atoms with Crippen LogP contribution < -0.4 is 0 Å². The minimum absolute atomic E-state index is 0.126. The number of halogens is 4. The SMILES string of the molecule is CC/C(=N/S(=O)(=O)N1CCC(C(F)(F)F)CC1)N1C[C@H](c2ccccc2)C(c2ccc(Cl)cc2)=N1. The van der Waals surface area contributed by atoms with Gasteiger partial charge in [0.05, 0.1) is 18.2 Å². The molecular formula is C24H26ClF3N4O2S. The van der Waals surface area contributed by atoms with Gasteiger partial charge in [0.1, 0.15) is 5.84 Å². The minimum atomic E-state index is -4.32. The third-order valence-electron chi connectivity index (χ3n) is 6.33. The number of nitrogens with zero attached hydrogens (tertiary/aromatic N) is 4. The van der Waals surface area contributed by atoms with Gasteiger partial charge in [-0.3, -0.25) is 0 Å². The molecule has 2 aromatic rings. The number of hydrogen-bond acceptors (Lipinski definition) is 3. The lowest BCUT2D eigenvalue weighted by atomic mass is 9.91. The van der Waals surface area contributed by atoms with Crippen LogP contribution in [0.15, 0.2) is 64.1 Å². The molecule has 2 aromatic carbocycles. The van der Waals surface area contributed by atoms with E-state index >= 15 is 0 Å². The Morgan fingerprint density at radius 2 is 1.71 bits per heavy atom. The van der Waals surface area contributed by atoms with Crippen molar-refractivity contribution >= 4 is 33.4 Å². The van der Waals surface area contributed by atoms with Crippen LogP contribution in [-0.4, -0.2) is 55.1 Å². The van der Waals surface area contributed by atoms with Crippen molar-refractivity contribution in [3.05, 3.63) is 70.7 Å². The van der Waals surface area contributed by atoms with Gasteiger partial charge < -0.3 is 0 Å². The zero-order chi connectivity index (χ0) is 25.2. The highest BCUT2D eigenvalue weighted by atomic mass is 35.5. The van der Waals surface area contributed by atoms with Crippen molar-refractivity contribution in [1.82, 2.24) is 9.31 Å². The molecule has 35 heavy (non-hydrogen) atoms. The fourth-order valence-corrected chi connectivity index (χ4v) is 5.79. The zero-order valence-corrected chi connectivity index (χ0v) is 20.7. The molecule has 2 heterocycles. The maximum atomic E-state index is 13.0. The predicted molar refractivity (Wildman–Crippen MR) is 131 cm³/mol. The van der Waals surface area contributed by atoms with E-state index in [-0.39, 0.29) is 44.1 Å². The van der Waals surface area contributed by atoms with Crippen molar-refractivity contribution in [1.29, 1.82) is 0 Å². The van der Waals surface area contributed by atoms with Gasteiger partial charge in [0.15, 0.2) is 0 Å². The first-order valence-corrected chi connectivity index (χ1v) is 13.2. The lowest BCUT2D eigenvalue weighted by Gasteiger charge is -2.31. The fraction of sp³-hybridized carbons (Fsp3) is 0.417. The molecule has 188 valence electrons. The quantitative estimate of drug-likeness (QED) is 0.383. The van der Waals surface area contributed by atoms with E-state index in [0.717, 1.165) is 21.1 Å². The van der Waals surface area contributed by atoms with Crippen molar-refractivity contribution < 1.29 is 21.6 Å². The molecule has 0 spiro atoms. The summed E-state index contributed by atoms with van der Waals surface area (Å²) < 4.78 is 70.0. The molecule has 1 fully saturated rings. The van der Waals surface area contributed by atoms with Crippen molar-refractivity contribution in [3.8, 4) is 0 Å². The van der Waals surface area contributed by atoms with Crippen LogP contribution >= 0.6 is 11.6 Å². The Labute approximate surface area is 208 Å². The summed E-state index contributed by atoms with van der Waals surface area (Å²) >= 11 is 6.05. The van der Waals surface area contributed by atoms with Crippen LogP contribution in [0.2, 0.25) is 5.02 Å². The van der Waals surface area contributed by atoms with Crippen LogP contribution in [0.25, 0.3) is 0 Å². The van der Waals surface area contributed by atoms with Crippen LogP contribution in [-0.2, 0) is 10.2 Å². The smallest absolute Gasteiger partial charge is 0.249 e. The standard InChI is InChI=1S/C24H26ClF3N4O2S/c1-2-22(30-35(33,34)31-14-12-19(13-15-31)24(26,27)28)32-16-21(17-6-4-3-5-7-17)23(29-32)18-8-10-20(25)11-9-18/h3-11,19,21H,2,12-16H2,1H3/b30-22-/t21-/m1/s1. The topological polar surface area (TPSA) is 65.3 Å². The highest BCUT2D eigenvalue weighted by Gasteiger charge is 2.43. The average molecular weight is 527 g/mol. The first-order chi connectivity index (χ1) is 16.6. The monoisotopic (exact) mass is 526 g/mol. The first kappa shape index (κ1) is 25.7. The summed E-state index contributed by atoms with van der Waals surface area (Å²) in [6, 6.07) is 17.0. The Morgan fingerprint density at radius 3 is 2.29 bits per heavy atom. The molecule has 0 amide bonds. The summed E-state index contributed by atoms with van der Waals surface area (Å²) in [5.74, 6) is -1.37. The second-order valence-electron chi connectivity index (χ2n) is 8.59. The average Bonchev–Trinajstić information content (AvgIpc) is 3.28. The third-order valence-corrected chi connectivity index (χ3v) is 8.05. The Hall–Kier alpha value is -2.43. The number of piperidine rings is 1. The van der Waals surface area contributed by atoms with Gasteiger partial charge in [-0.2, -0.15) is 31.0 Å². The van der Waals surface area contributed by atoms with E-state index in [0.29, 0.717) is 11.6 Å². The van der Waals surface area contributed by atoms with Crippen LogP contribution in [0, 0.1) is 5.92 Å². The molecule has 11 heteroatoms. The summed E-state index contributed by atoms with van der Waals surface area (Å²) in [7, 11) is -4.15. The lowest BCUT2D eigenvalue weighted by molar-refractivity contribution is -0.182. The number of hydrazone groups is 1. The van der Waals surface area contributed by atoms with E-state index < -0.39 is 22.3 Å². The number of amidine groups is 1. The second-order valence-corrected chi connectivity index (χ2v) is 10.6. The maximum Gasteiger partial charge on any atom is 0.391 e. The van der Waals surface area contributed by atoms with E-state index in [9.17, 15) is 21.6 Å². The molecule has 0 saturated carbocycles. The molecule has 2 aliphatic rings. The van der Waals surface area contributed by atoms with Crippen molar-refractivity contribution in [2.75, 3.05) is 19.6 Å². The molecule has 1 saturated heterocycles. The van der Waals surface area contributed by atoms with E-state index in [1.165, 1.54) is 0 Å². The van der Waals surface area contributed by atoms with Gasteiger partial charge in [0.25, 0.3) is 0 Å². The van der Waals surface area contributed by atoms with E-state index in [4.69, 9.17) is 16.7 Å². The summed E-state index contributed by atoms with van der Waals surface area (Å²) in [6.45, 7) is 1.75. The zero-order valence-electron chi connectivity index (χ0n) is 19.1. The highest BCUT2D eigenvalue weighted by Crippen LogP contribution is 2.35. The molecule has 0 aromatic heterocycles. The molecule has 0 bridgehead atoms. The predicted octanol–water partition coefficient (Wildman–Crippen LogP) is 5.47. The molecule has 0 radical (unpaired) electrons. The molecule has 2 aliphatic heterocycles. The van der Waals surface area contributed by atoms with Crippen molar-refractivity contribution in [2.45, 2.75) is 38.3 Å². The van der Waals surface area contributed by atoms with Crippen LogP contribution in [0.4, 0.5) is 13.2 Å². The molecule has 0 aliphatic carbocycles. The summed E-state index contributed by atoms with van der Waals surface area (Å²) in [6.07, 6.45) is -4.56. The van der Waals surface area contributed by atoms with Crippen molar-refractivity contribution in [2.24, 2.45) is 15.4 Å². The van der Waals surface area contributed by atoms with Gasteiger partial charge in [0, 0.05) is 30.5 Å². The van der Waals surface area contributed by atoms with Gasteiger partial charge in [-0.1, -0.05) is 61.0 Å². The third kappa shape index (κ3) is 5.87. The molecular weight excluding hydrogens is 501 g/mol. The van der Waals surface area contributed by atoms with Crippen LogP contribution in [0.1, 0.15) is 43.2 Å². The Balaban J connectivity index is 1.61. The van der Waals surface area contributed by atoms with E-state index in [2.05, 4.69) is 4.40 Å².